The number of primary amides is 1. The number of rotatable bonds is 14. The lowest BCUT2D eigenvalue weighted by Gasteiger charge is -2.22. The van der Waals surface area contributed by atoms with E-state index in [1.165, 1.54) is 6.20 Å². The Hall–Kier alpha value is -5.57. The first-order valence-corrected chi connectivity index (χ1v) is 15.2. The summed E-state index contributed by atoms with van der Waals surface area (Å²) in [6.45, 7) is 0.139. The summed E-state index contributed by atoms with van der Waals surface area (Å²) in [7, 11) is 0. The van der Waals surface area contributed by atoms with Crippen LogP contribution in [0.1, 0.15) is 47.2 Å². The minimum absolute atomic E-state index is 0.0335. The Morgan fingerprint density at radius 3 is 2.28 bits per heavy atom. The van der Waals surface area contributed by atoms with E-state index in [4.69, 9.17) is 15.2 Å². The fraction of sp³-hybridized carbons (Fsp3) is 0.216. The number of hydrogen-bond acceptors (Lipinski definition) is 7. The molecule has 1 aromatic heterocycles. The number of nitrogens with two attached hydrogens (primary N) is 1. The molecule has 0 fully saturated rings. The van der Waals surface area contributed by atoms with Crippen LogP contribution in [0.3, 0.4) is 0 Å². The van der Waals surface area contributed by atoms with Gasteiger partial charge >= 0.3 is 11.9 Å². The molecule has 1 heterocycles. The van der Waals surface area contributed by atoms with Crippen LogP contribution in [0.4, 0.5) is 0 Å². The highest BCUT2D eigenvalue weighted by Crippen LogP contribution is 2.19. The van der Waals surface area contributed by atoms with Crippen molar-refractivity contribution in [2.24, 2.45) is 5.73 Å². The van der Waals surface area contributed by atoms with Crippen LogP contribution in [-0.2, 0) is 36.9 Å². The van der Waals surface area contributed by atoms with Gasteiger partial charge in [-0.25, -0.2) is 4.79 Å². The molecule has 0 bridgehead atoms. The summed E-state index contributed by atoms with van der Waals surface area (Å²) in [6.07, 6.45) is 1.02. The Bertz CT molecular complexity index is 1840. The molecule has 0 aliphatic carbocycles. The maximum Gasteiger partial charge on any atom is 0.328 e. The van der Waals surface area contributed by atoms with Gasteiger partial charge in [-0.05, 0) is 46.9 Å². The Kier molecular flexibility index (Phi) is 10.7. The van der Waals surface area contributed by atoms with Gasteiger partial charge < -0.3 is 20.5 Å². The van der Waals surface area contributed by atoms with E-state index in [9.17, 15) is 19.2 Å². The van der Waals surface area contributed by atoms with Crippen LogP contribution in [0.5, 0.6) is 0 Å². The third kappa shape index (κ3) is 8.98. The fourth-order valence-corrected chi connectivity index (χ4v) is 5.20. The summed E-state index contributed by atoms with van der Waals surface area (Å²) in [5, 5.41) is 5.59. The quantitative estimate of drug-likeness (QED) is 0.159. The number of nitrogens with one attached hydrogen (secondary N) is 1. The van der Waals surface area contributed by atoms with Crippen LogP contribution in [0.15, 0.2) is 109 Å². The van der Waals surface area contributed by atoms with Crippen molar-refractivity contribution in [2.45, 2.75) is 50.9 Å². The molecule has 5 rings (SSSR count). The maximum atomic E-state index is 13.6. The van der Waals surface area contributed by atoms with Crippen LogP contribution in [0, 0.1) is 0 Å². The van der Waals surface area contributed by atoms with Crippen LogP contribution in [0.2, 0.25) is 0 Å². The highest BCUT2D eigenvalue weighted by Gasteiger charge is 2.27. The van der Waals surface area contributed by atoms with Crippen molar-refractivity contribution in [3.8, 4) is 0 Å². The molecule has 9 nitrogen and oxygen atoms in total. The second-order valence-corrected chi connectivity index (χ2v) is 11.1. The number of nitrogens with zero attached hydrogens (tertiary/aromatic N) is 1. The maximum absolute atomic E-state index is 13.6. The molecule has 3 N–H and O–H groups in total. The standard InChI is InChI=1S/C37H35N3O6/c38-34(41)22-31(20-26-17-18-27-11-4-5-12-28(27)19-26)46-37(44)33(15-8-16-35(42)45-24-25-9-2-1-3-10-25)40-36(43)30-21-29-13-6-7-14-32(29)39-23-30/h1-7,9-14,17-19,21,23,31,33H,8,15-16,20,22,24H2,(H2,38,41)(H,40,43)/t31-,33-/m0/s1. The van der Waals surface area contributed by atoms with Gasteiger partial charge in [0.2, 0.25) is 5.91 Å². The van der Waals surface area contributed by atoms with Crippen LogP contribution >= 0.6 is 0 Å². The van der Waals surface area contributed by atoms with E-state index in [2.05, 4.69) is 10.3 Å². The number of pyridine rings is 1. The third-order valence-corrected chi connectivity index (χ3v) is 7.55. The Morgan fingerprint density at radius 1 is 0.783 bits per heavy atom. The highest BCUT2D eigenvalue weighted by molar-refractivity contribution is 5.99. The molecule has 0 aliphatic heterocycles. The minimum atomic E-state index is -1.10. The molecular formula is C37H35N3O6. The molecule has 0 spiro atoms. The van der Waals surface area contributed by atoms with Crippen molar-refractivity contribution in [1.29, 1.82) is 0 Å². The number of benzene rings is 4. The number of carbonyl (C=O) groups is 4. The normalized spacial score (nSPS) is 12.3. The first kappa shape index (κ1) is 31.8. The van der Waals surface area contributed by atoms with Gasteiger partial charge in [0.05, 0.1) is 17.5 Å². The lowest BCUT2D eigenvalue weighted by atomic mass is 10.0. The number of carbonyl (C=O) groups excluding carboxylic acids is 4. The number of hydrogen-bond donors (Lipinski definition) is 2. The van der Waals surface area contributed by atoms with Crippen molar-refractivity contribution in [2.75, 3.05) is 0 Å². The van der Waals surface area contributed by atoms with E-state index >= 15 is 0 Å². The van der Waals surface area contributed by atoms with E-state index in [0.717, 1.165) is 32.8 Å². The number of esters is 2. The number of amides is 2. The summed E-state index contributed by atoms with van der Waals surface area (Å²) < 4.78 is 11.2. The number of ether oxygens (including phenoxy) is 2. The van der Waals surface area contributed by atoms with Crippen molar-refractivity contribution in [1.82, 2.24) is 10.3 Å². The number of aromatic nitrogens is 1. The summed E-state index contributed by atoms with van der Waals surface area (Å²) in [5.74, 6) is -2.30. The molecule has 9 heteroatoms. The first-order valence-electron chi connectivity index (χ1n) is 15.2. The van der Waals surface area contributed by atoms with Crippen molar-refractivity contribution in [3.05, 3.63) is 126 Å². The largest absolute Gasteiger partial charge is 0.461 e. The monoisotopic (exact) mass is 617 g/mol. The smallest absolute Gasteiger partial charge is 0.328 e. The molecule has 5 aromatic rings. The van der Waals surface area contributed by atoms with E-state index in [-0.39, 0.29) is 44.3 Å². The van der Waals surface area contributed by atoms with Crippen LogP contribution in [-0.4, -0.2) is 40.9 Å². The fourth-order valence-electron chi connectivity index (χ4n) is 5.20. The molecule has 4 aromatic carbocycles. The van der Waals surface area contributed by atoms with Crippen molar-refractivity contribution < 1.29 is 28.7 Å². The van der Waals surface area contributed by atoms with Gasteiger partial charge in [0.15, 0.2) is 0 Å². The van der Waals surface area contributed by atoms with Gasteiger partial charge in [0.25, 0.3) is 5.91 Å². The number of para-hydroxylation sites is 1. The molecule has 0 radical (unpaired) electrons. The topological polar surface area (TPSA) is 138 Å². The van der Waals surface area contributed by atoms with Gasteiger partial charge in [-0.2, -0.15) is 0 Å². The first-order chi connectivity index (χ1) is 22.3. The SMILES string of the molecule is NC(=O)C[C@H](Cc1ccc2ccccc2c1)OC(=O)[C@H](CCCC(=O)OCc1ccccc1)NC(=O)c1cnc2ccccc2c1. The Morgan fingerprint density at radius 2 is 1.50 bits per heavy atom. The molecule has 0 unspecified atom stereocenters. The molecular weight excluding hydrogens is 582 g/mol. The predicted molar refractivity (Wildman–Crippen MR) is 174 cm³/mol. The van der Waals surface area contributed by atoms with Gasteiger partial charge in [-0.15, -0.1) is 0 Å². The lowest BCUT2D eigenvalue weighted by Crippen LogP contribution is -2.43. The predicted octanol–water partition coefficient (Wildman–Crippen LogP) is 5.43. The average Bonchev–Trinajstić information content (AvgIpc) is 3.06. The molecule has 234 valence electrons. The van der Waals surface area contributed by atoms with E-state index in [1.807, 2.05) is 97.1 Å². The zero-order valence-electron chi connectivity index (χ0n) is 25.3. The molecule has 46 heavy (non-hydrogen) atoms. The van der Waals surface area contributed by atoms with Gasteiger partial charge in [-0.3, -0.25) is 19.4 Å². The van der Waals surface area contributed by atoms with Crippen LogP contribution in [0.25, 0.3) is 21.7 Å². The van der Waals surface area contributed by atoms with Gasteiger partial charge in [0, 0.05) is 24.4 Å². The van der Waals surface area contributed by atoms with Gasteiger partial charge in [-0.1, -0.05) is 91.0 Å². The molecule has 2 amide bonds. The second-order valence-electron chi connectivity index (χ2n) is 11.1. The molecule has 0 saturated carbocycles. The Balaban J connectivity index is 1.28. The van der Waals surface area contributed by atoms with Crippen LogP contribution < -0.4 is 11.1 Å². The number of fused-ring (bicyclic) bond motifs is 2. The van der Waals surface area contributed by atoms with Crippen molar-refractivity contribution >= 4 is 45.4 Å². The average molecular weight is 618 g/mol. The highest BCUT2D eigenvalue weighted by atomic mass is 16.5. The van der Waals surface area contributed by atoms with Gasteiger partial charge in [0.1, 0.15) is 18.8 Å². The zero-order chi connectivity index (χ0) is 32.3. The lowest BCUT2D eigenvalue weighted by molar-refractivity contribution is -0.153. The minimum Gasteiger partial charge on any atom is -0.461 e. The molecule has 0 saturated heterocycles. The summed E-state index contributed by atoms with van der Waals surface area (Å²) in [4.78, 5) is 55.6. The Labute approximate surface area is 266 Å². The summed E-state index contributed by atoms with van der Waals surface area (Å²) in [5.41, 5.74) is 8.24. The third-order valence-electron chi connectivity index (χ3n) is 7.55. The summed E-state index contributed by atoms with van der Waals surface area (Å²) in [6, 6.07) is 31.0. The van der Waals surface area contributed by atoms with Crippen molar-refractivity contribution in [3.63, 3.8) is 0 Å². The zero-order valence-corrected chi connectivity index (χ0v) is 25.3. The summed E-state index contributed by atoms with van der Waals surface area (Å²) >= 11 is 0. The van der Waals surface area contributed by atoms with E-state index < -0.39 is 35.9 Å². The second kappa shape index (κ2) is 15.4. The van der Waals surface area contributed by atoms with E-state index in [1.54, 1.807) is 6.07 Å². The molecule has 2 atom stereocenters. The molecule has 0 aliphatic rings. The van der Waals surface area contributed by atoms with E-state index in [0.29, 0.717) is 0 Å².